The first-order chi connectivity index (χ1) is 8.45. The molecule has 100 valence electrons. The maximum absolute atomic E-state index is 11.5. The van der Waals surface area contributed by atoms with Gasteiger partial charge in [0.1, 0.15) is 6.04 Å². The molecule has 1 aromatic rings. The number of nitrogens with one attached hydrogen (secondary N) is 1. The highest BCUT2D eigenvalue weighted by Crippen LogP contribution is 2.19. The van der Waals surface area contributed by atoms with E-state index in [1.807, 2.05) is 12.1 Å². The zero-order valence-corrected chi connectivity index (χ0v) is 11.7. The number of primary amides is 1. The number of rotatable bonds is 6. The van der Waals surface area contributed by atoms with Gasteiger partial charge in [0.05, 0.1) is 0 Å². The predicted molar refractivity (Wildman–Crippen MR) is 75.4 cm³/mol. The highest BCUT2D eigenvalue weighted by atomic mass is 16.1. The lowest BCUT2D eigenvalue weighted by atomic mass is 9.98. The second-order valence-corrected chi connectivity index (χ2v) is 5.13. The smallest absolute Gasteiger partial charge is 0.239 e. The summed E-state index contributed by atoms with van der Waals surface area (Å²) in [4.78, 5) is 11.5. The molecule has 3 heteroatoms. The molecule has 0 aromatic heterocycles. The van der Waals surface area contributed by atoms with Crippen molar-refractivity contribution in [3.63, 3.8) is 0 Å². The van der Waals surface area contributed by atoms with Crippen molar-refractivity contribution in [3.8, 4) is 0 Å². The van der Waals surface area contributed by atoms with Crippen LogP contribution in [0.3, 0.4) is 0 Å². The molecule has 0 aliphatic heterocycles. The molecule has 0 aliphatic rings. The van der Waals surface area contributed by atoms with Gasteiger partial charge in [0.25, 0.3) is 0 Å². The van der Waals surface area contributed by atoms with Crippen molar-refractivity contribution in [2.75, 3.05) is 0 Å². The summed E-state index contributed by atoms with van der Waals surface area (Å²) in [6.45, 7) is 8.44. The summed E-state index contributed by atoms with van der Waals surface area (Å²) in [7, 11) is 0. The van der Waals surface area contributed by atoms with Crippen molar-refractivity contribution in [3.05, 3.63) is 35.4 Å². The molecule has 0 saturated heterocycles. The minimum Gasteiger partial charge on any atom is -0.368 e. The molecule has 3 N–H and O–H groups in total. The fraction of sp³-hybridized carbons (Fsp3) is 0.533. The SMILES string of the molecule is CCC(C)NC(C(N)=O)c1ccc(C(C)C)cc1. The minimum atomic E-state index is -0.402. The first kappa shape index (κ1) is 14.7. The van der Waals surface area contributed by atoms with E-state index in [4.69, 9.17) is 5.73 Å². The van der Waals surface area contributed by atoms with Crippen LogP contribution in [0.25, 0.3) is 0 Å². The lowest BCUT2D eigenvalue weighted by Gasteiger charge is -2.20. The molecule has 1 aromatic carbocycles. The zero-order chi connectivity index (χ0) is 13.7. The van der Waals surface area contributed by atoms with E-state index in [0.29, 0.717) is 5.92 Å². The van der Waals surface area contributed by atoms with Crippen molar-refractivity contribution in [2.24, 2.45) is 5.73 Å². The van der Waals surface area contributed by atoms with Crippen LogP contribution in [0.4, 0.5) is 0 Å². The molecule has 0 aliphatic carbocycles. The third-order valence-corrected chi connectivity index (χ3v) is 3.28. The van der Waals surface area contributed by atoms with Crippen LogP contribution in [0.5, 0.6) is 0 Å². The quantitative estimate of drug-likeness (QED) is 0.813. The highest BCUT2D eigenvalue weighted by Gasteiger charge is 2.19. The summed E-state index contributed by atoms with van der Waals surface area (Å²) in [5.41, 5.74) is 7.67. The Morgan fingerprint density at radius 2 is 1.67 bits per heavy atom. The first-order valence-electron chi connectivity index (χ1n) is 6.60. The van der Waals surface area contributed by atoms with Crippen LogP contribution < -0.4 is 11.1 Å². The summed E-state index contributed by atoms with van der Waals surface area (Å²) < 4.78 is 0. The molecule has 0 bridgehead atoms. The molecule has 0 radical (unpaired) electrons. The predicted octanol–water partition coefficient (Wildman–Crippen LogP) is 2.72. The Morgan fingerprint density at radius 3 is 2.06 bits per heavy atom. The van der Waals surface area contributed by atoms with Gasteiger partial charge in [-0.3, -0.25) is 10.1 Å². The van der Waals surface area contributed by atoms with Gasteiger partial charge in [0.15, 0.2) is 0 Å². The fourth-order valence-corrected chi connectivity index (χ4v) is 1.82. The van der Waals surface area contributed by atoms with E-state index < -0.39 is 6.04 Å². The van der Waals surface area contributed by atoms with Crippen LogP contribution in [0, 0.1) is 0 Å². The van der Waals surface area contributed by atoms with Gasteiger partial charge in [-0.25, -0.2) is 0 Å². The lowest BCUT2D eigenvalue weighted by molar-refractivity contribution is -0.120. The van der Waals surface area contributed by atoms with Crippen molar-refractivity contribution >= 4 is 5.91 Å². The number of carbonyl (C=O) groups is 1. The van der Waals surface area contributed by atoms with Crippen LogP contribution in [0.2, 0.25) is 0 Å². The van der Waals surface area contributed by atoms with Gasteiger partial charge in [-0.15, -0.1) is 0 Å². The van der Waals surface area contributed by atoms with E-state index in [1.165, 1.54) is 5.56 Å². The zero-order valence-electron chi connectivity index (χ0n) is 11.7. The average molecular weight is 248 g/mol. The molecular weight excluding hydrogens is 224 g/mol. The summed E-state index contributed by atoms with van der Waals surface area (Å²) in [5, 5.41) is 3.26. The fourth-order valence-electron chi connectivity index (χ4n) is 1.82. The molecular formula is C15H24N2O. The Balaban J connectivity index is 2.89. The Kier molecular flexibility index (Phi) is 5.35. The number of amides is 1. The molecule has 0 spiro atoms. The monoisotopic (exact) mass is 248 g/mol. The van der Waals surface area contributed by atoms with Gasteiger partial charge in [0, 0.05) is 6.04 Å². The Morgan fingerprint density at radius 1 is 1.17 bits per heavy atom. The third kappa shape index (κ3) is 3.84. The number of hydrogen-bond donors (Lipinski definition) is 2. The van der Waals surface area contributed by atoms with Crippen molar-refractivity contribution < 1.29 is 4.79 Å². The van der Waals surface area contributed by atoms with Gasteiger partial charge in [-0.05, 0) is 30.4 Å². The highest BCUT2D eigenvalue weighted by molar-refractivity contribution is 5.81. The summed E-state index contributed by atoms with van der Waals surface area (Å²) in [6, 6.07) is 7.97. The summed E-state index contributed by atoms with van der Waals surface area (Å²) >= 11 is 0. The average Bonchev–Trinajstić information content (AvgIpc) is 2.35. The molecule has 0 fully saturated rings. The van der Waals surface area contributed by atoms with Crippen LogP contribution in [0.1, 0.15) is 57.2 Å². The molecule has 2 unspecified atom stereocenters. The van der Waals surface area contributed by atoms with Gasteiger partial charge in [-0.2, -0.15) is 0 Å². The Hall–Kier alpha value is -1.35. The number of benzene rings is 1. The van der Waals surface area contributed by atoms with Crippen molar-refractivity contribution in [1.29, 1.82) is 0 Å². The van der Waals surface area contributed by atoms with Gasteiger partial charge >= 0.3 is 0 Å². The third-order valence-electron chi connectivity index (χ3n) is 3.28. The maximum Gasteiger partial charge on any atom is 0.239 e. The largest absolute Gasteiger partial charge is 0.368 e. The van der Waals surface area contributed by atoms with E-state index in [-0.39, 0.29) is 11.9 Å². The molecule has 18 heavy (non-hydrogen) atoms. The normalized spacial score (nSPS) is 14.5. The topological polar surface area (TPSA) is 55.1 Å². The maximum atomic E-state index is 11.5. The van der Waals surface area contributed by atoms with Crippen molar-refractivity contribution in [1.82, 2.24) is 5.32 Å². The number of carbonyl (C=O) groups excluding carboxylic acids is 1. The van der Waals surface area contributed by atoms with E-state index >= 15 is 0 Å². The molecule has 3 nitrogen and oxygen atoms in total. The van der Waals surface area contributed by atoms with Gasteiger partial charge in [0.2, 0.25) is 5.91 Å². The van der Waals surface area contributed by atoms with Crippen LogP contribution in [-0.2, 0) is 4.79 Å². The van der Waals surface area contributed by atoms with E-state index in [1.54, 1.807) is 0 Å². The van der Waals surface area contributed by atoms with E-state index in [9.17, 15) is 4.79 Å². The second-order valence-electron chi connectivity index (χ2n) is 5.13. The lowest BCUT2D eigenvalue weighted by Crippen LogP contribution is -2.38. The molecule has 0 heterocycles. The molecule has 0 saturated carbocycles. The summed E-state index contributed by atoms with van der Waals surface area (Å²) in [6.07, 6.45) is 0.966. The van der Waals surface area contributed by atoms with Gasteiger partial charge < -0.3 is 5.73 Å². The number of hydrogen-bond acceptors (Lipinski definition) is 2. The Bertz CT molecular complexity index is 384. The van der Waals surface area contributed by atoms with Gasteiger partial charge in [-0.1, -0.05) is 45.0 Å². The van der Waals surface area contributed by atoms with Crippen LogP contribution in [-0.4, -0.2) is 11.9 Å². The van der Waals surface area contributed by atoms with Crippen LogP contribution >= 0.6 is 0 Å². The first-order valence-corrected chi connectivity index (χ1v) is 6.60. The Labute approximate surface area is 110 Å². The second kappa shape index (κ2) is 6.55. The van der Waals surface area contributed by atoms with Crippen molar-refractivity contribution in [2.45, 2.75) is 52.1 Å². The summed E-state index contributed by atoms with van der Waals surface area (Å²) in [5.74, 6) is 0.168. The van der Waals surface area contributed by atoms with E-state index in [2.05, 4.69) is 45.1 Å². The molecule has 1 amide bonds. The van der Waals surface area contributed by atoms with Crippen LogP contribution in [0.15, 0.2) is 24.3 Å². The number of nitrogens with two attached hydrogens (primary N) is 1. The van der Waals surface area contributed by atoms with E-state index in [0.717, 1.165) is 12.0 Å². The standard InChI is InChI=1S/C15H24N2O/c1-5-11(4)17-14(15(16)18)13-8-6-12(7-9-13)10(2)3/h6-11,14,17H,5H2,1-4H3,(H2,16,18). The molecule has 2 atom stereocenters. The molecule has 1 rings (SSSR count). The minimum absolute atomic E-state index is 0.271.